The molecule has 0 spiro atoms. The number of allylic oxidation sites excluding steroid dienone is 1. The van der Waals surface area contributed by atoms with Gasteiger partial charge in [-0.05, 0) is 55.7 Å². The zero-order valence-electron chi connectivity index (χ0n) is 12.3. The topological polar surface area (TPSA) is 50.1 Å². The molecule has 110 valence electrons. The van der Waals surface area contributed by atoms with Crippen molar-refractivity contribution in [3.63, 3.8) is 0 Å². The third-order valence-electron chi connectivity index (χ3n) is 3.95. The summed E-state index contributed by atoms with van der Waals surface area (Å²) >= 11 is 0. The Morgan fingerprint density at radius 3 is 2.76 bits per heavy atom. The normalized spacial score (nSPS) is 21.4. The Kier molecular flexibility index (Phi) is 5.57. The summed E-state index contributed by atoms with van der Waals surface area (Å²) in [6.07, 6.45) is 7.33. The van der Waals surface area contributed by atoms with Gasteiger partial charge >= 0.3 is 5.97 Å². The highest BCUT2D eigenvalue weighted by atomic mass is 16.5. The fourth-order valence-corrected chi connectivity index (χ4v) is 2.72. The van der Waals surface area contributed by atoms with Crippen LogP contribution in [0, 0.1) is 17.2 Å². The molecule has 1 aromatic rings. The van der Waals surface area contributed by atoms with Crippen molar-refractivity contribution in [3.8, 4) is 6.07 Å². The van der Waals surface area contributed by atoms with Gasteiger partial charge in [-0.15, -0.1) is 6.58 Å². The number of carbonyl (C=O) groups is 1. The van der Waals surface area contributed by atoms with Crippen molar-refractivity contribution < 1.29 is 9.53 Å². The highest BCUT2D eigenvalue weighted by Gasteiger charge is 2.26. The van der Waals surface area contributed by atoms with E-state index in [0.717, 1.165) is 32.1 Å². The van der Waals surface area contributed by atoms with Gasteiger partial charge in [0.25, 0.3) is 0 Å². The Morgan fingerprint density at radius 1 is 1.33 bits per heavy atom. The average Bonchev–Trinajstić information content (AvgIpc) is 2.51. The predicted molar refractivity (Wildman–Crippen MR) is 81.5 cm³/mol. The maximum atomic E-state index is 11.5. The number of hydrogen-bond donors (Lipinski definition) is 0. The first-order valence-electron chi connectivity index (χ1n) is 7.52. The smallest absolute Gasteiger partial charge is 0.306 e. The van der Waals surface area contributed by atoms with E-state index < -0.39 is 0 Å². The van der Waals surface area contributed by atoms with Crippen LogP contribution in [0.25, 0.3) is 0 Å². The zero-order chi connectivity index (χ0) is 15.1. The van der Waals surface area contributed by atoms with Gasteiger partial charge in [-0.1, -0.05) is 18.2 Å². The number of hydrogen-bond acceptors (Lipinski definition) is 3. The largest absolute Gasteiger partial charge is 0.462 e. The zero-order valence-corrected chi connectivity index (χ0v) is 12.3. The lowest BCUT2D eigenvalue weighted by Crippen LogP contribution is -2.28. The van der Waals surface area contributed by atoms with Gasteiger partial charge in [0, 0.05) is 0 Å². The summed E-state index contributed by atoms with van der Waals surface area (Å²) in [6, 6.07) is 9.84. The minimum atomic E-state index is -0.0942. The summed E-state index contributed by atoms with van der Waals surface area (Å²) in [5.74, 6) is 0.179. The standard InChI is InChI=1S/C18H21NO2/c1-2-14-11-17(21-18(20)12-14)6-4-3-5-15-7-9-16(13-19)10-8-15/h2,7-10,14,17H,1,3-6,11-12H2/t14-,17+/m1/s1. The van der Waals surface area contributed by atoms with Crippen LogP contribution in [0.15, 0.2) is 36.9 Å². The second-order valence-corrected chi connectivity index (χ2v) is 5.60. The molecule has 3 heteroatoms. The second kappa shape index (κ2) is 7.64. The Morgan fingerprint density at radius 2 is 2.10 bits per heavy atom. The van der Waals surface area contributed by atoms with Gasteiger partial charge < -0.3 is 4.74 Å². The predicted octanol–water partition coefficient (Wildman–Crippen LogP) is 3.78. The lowest BCUT2D eigenvalue weighted by Gasteiger charge is -2.27. The molecule has 0 saturated carbocycles. The van der Waals surface area contributed by atoms with Gasteiger partial charge in [-0.3, -0.25) is 4.79 Å². The van der Waals surface area contributed by atoms with E-state index in [1.54, 1.807) is 0 Å². The molecular formula is C18H21NO2. The van der Waals surface area contributed by atoms with Crippen molar-refractivity contribution in [2.45, 2.75) is 44.6 Å². The van der Waals surface area contributed by atoms with Gasteiger partial charge in [0.15, 0.2) is 0 Å². The summed E-state index contributed by atoms with van der Waals surface area (Å²) in [7, 11) is 0. The molecule has 1 aliphatic rings. The monoisotopic (exact) mass is 283 g/mol. The lowest BCUT2D eigenvalue weighted by molar-refractivity contribution is -0.156. The van der Waals surface area contributed by atoms with Crippen LogP contribution < -0.4 is 0 Å². The van der Waals surface area contributed by atoms with E-state index in [1.165, 1.54) is 5.56 Å². The molecule has 1 fully saturated rings. The Labute approximate surface area is 126 Å². The summed E-state index contributed by atoms with van der Waals surface area (Å²) in [5, 5.41) is 8.75. The number of esters is 1. The number of unbranched alkanes of at least 4 members (excludes halogenated alkanes) is 1. The number of ether oxygens (including phenoxy) is 1. The highest BCUT2D eigenvalue weighted by molar-refractivity contribution is 5.70. The average molecular weight is 283 g/mol. The molecule has 0 amide bonds. The summed E-state index contributed by atoms with van der Waals surface area (Å²) in [4.78, 5) is 11.5. The molecule has 2 atom stereocenters. The van der Waals surface area contributed by atoms with Crippen molar-refractivity contribution in [1.29, 1.82) is 5.26 Å². The van der Waals surface area contributed by atoms with Crippen molar-refractivity contribution in [1.82, 2.24) is 0 Å². The molecule has 1 aromatic carbocycles. The lowest BCUT2D eigenvalue weighted by atomic mass is 9.92. The van der Waals surface area contributed by atoms with Gasteiger partial charge in [0.2, 0.25) is 0 Å². The molecule has 0 radical (unpaired) electrons. The van der Waals surface area contributed by atoms with Crippen LogP contribution in [0.4, 0.5) is 0 Å². The second-order valence-electron chi connectivity index (χ2n) is 5.60. The highest BCUT2D eigenvalue weighted by Crippen LogP contribution is 2.25. The van der Waals surface area contributed by atoms with Crippen molar-refractivity contribution in [3.05, 3.63) is 48.0 Å². The van der Waals surface area contributed by atoms with Crippen LogP contribution in [0.3, 0.4) is 0 Å². The van der Waals surface area contributed by atoms with E-state index in [4.69, 9.17) is 10.00 Å². The van der Waals surface area contributed by atoms with Crippen molar-refractivity contribution in [2.75, 3.05) is 0 Å². The molecule has 1 heterocycles. The number of aryl methyl sites for hydroxylation is 1. The molecule has 1 saturated heterocycles. The molecule has 0 aromatic heterocycles. The fourth-order valence-electron chi connectivity index (χ4n) is 2.72. The molecule has 0 aliphatic carbocycles. The Bertz CT molecular complexity index is 527. The van der Waals surface area contributed by atoms with E-state index in [-0.39, 0.29) is 18.0 Å². The maximum Gasteiger partial charge on any atom is 0.306 e. The van der Waals surface area contributed by atoms with Gasteiger partial charge in [0.1, 0.15) is 6.10 Å². The van der Waals surface area contributed by atoms with E-state index in [2.05, 4.69) is 12.6 Å². The molecule has 1 aliphatic heterocycles. The fraction of sp³-hybridized carbons (Fsp3) is 0.444. The van der Waals surface area contributed by atoms with E-state index in [0.29, 0.717) is 12.0 Å². The number of cyclic esters (lactones) is 1. The molecule has 0 N–H and O–H groups in total. The van der Waals surface area contributed by atoms with Crippen molar-refractivity contribution >= 4 is 5.97 Å². The summed E-state index contributed by atoms with van der Waals surface area (Å²) < 4.78 is 5.38. The minimum absolute atomic E-state index is 0.0511. The van der Waals surface area contributed by atoms with Gasteiger partial charge in [-0.25, -0.2) is 0 Å². The number of rotatable bonds is 6. The quantitative estimate of drug-likeness (QED) is 0.453. The van der Waals surface area contributed by atoms with Crippen LogP contribution in [0.5, 0.6) is 0 Å². The van der Waals surface area contributed by atoms with Crippen LogP contribution in [0.1, 0.15) is 43.2 Å². The SMILES string of the molecule is C=C[C@H]1CC(=O)O[C@@H](CCCCc2ccc(C#N)cc2)C1. The third-order valence-corrected chi connectivity index (χ3v) is 3.95. The van der Waals surface area contributed by atoms with Gasteiger partial charge in [-0.2, -0.15) is 5.26 Å². The van der Waals surface area contributed by atoms with Crippen LogP contribution in [-0.4, -0.2) is 12.1 Å². The number of benzene rings is 1. The Balaban J connectivity index is 1.70. The van der Waals surface area contributed by atoms with Gasteiger partial charge in [0.05, 0.1) is 18.1 Å². The number of nitrogens with zero attached hydrogens (tertiary/aromatic N) is 1. The molecular weight excluding hydrogens is 262 g/mol. The van der Waals surface area contributed by atoms with Crippen molar-refractivity contribution in [2.24, 2.45) is 5.92 Å². The number of nitriles is 1. The first kappa shape index (κ1) is 15.3. The van der Waals surface area contributed by atoms with E-state index in [1.807, 2.05) is 30.3 Å². The maximum absolute atomic E-state index is 11.5. The van der Waals surface area contributed by atoms with Crippen LogP contribution in [0.2, 0.25) is 0 Å². The molecule has 0 unspecified atom stereocenters. The molecule has 0 bridgehead atoms. The van der Waals surface area contributed by atoms with Crippen LogP contribution >= 0.6 is 0 Å². The molecule has 2 rings (SSSR count). The molecule has 21 heavy (non-hydrogen) atoms. The summed E-state index contributed by atoms with van der Waals surface area (Å²) in [5.41, 5.74) is 1.95. The first-order chi connectivity index (χ1) is 10.2. The Hall–Kier alpha value is -2.08. The molecule has 3 nitrogen and oxygen atoms in total. The minimum Gasteiger partial charge on any atom is -0.462 e. The van der Waals surface area contributed by atoms with Crippen LogP contribution in [-0.2, 0) is 16.0 Å². The van der Waals surface area contributed by atoms with E-state index >= 15 is 0 Å². The third kappa shape index (κ3) is 4.75. The summed E-state index contributed by atoms with van der Waals surface area (Å²) in [6.45, 7) is 3.77. The van der Waals surface area contributed by atoms with E-state index in [9.17, 15) is 4.79 Å². The number of carbonyl (C=O) groups excluding carboxylic acids is 1. The first-order valence-corrected chi connectivity index (χ1v) is 7.52.